The summed E-state index contributed by atoms with van der Waals surface area (Å²) in [5.74, 6) is -0.0198. The molecule has 0 spiro atoms. The summed E-state index contributed by atoms with van der Waals surface area (Å²) in [6, 6.07) is 0. The summed E-state index contributed by atoms with van der Waals surface area (Å²) in [7, 11) is 0. The number of carbonyl (C=O) groups is 1. The van der Waals surface area contributed by atoms with E-state index in [2.05, 4.69) is 0 Å². The quantitative estimate of drug-likeness (QED) is 0.573. The van der Waals surface area contributed by atoms with E-state index in [0.717, 1.165) is 13.0 Å². The minimum atomic E-state index is -1.16. The molecule has 0 radical (unpaired) electrons. The average molecular weight is 189 g/mol. The van der Waals surface area contributed by atoms with Crippen LogP contribution in [-0.2, 0) is 4.79 Å². The molecule has 1 atom stereocenters. The number of alkyl halides is 1. The van der Waals surface area contributed by atoms with Gasteiger partial charge in [-0.3, -0.25) is 4.79 Å². The predicted molar refractivity (Wildman–Crippen MR) is 52.3 cm³/mol. The Morgan fingerprint density at radius 2 is 2.00 bits per heavy atom. The lowest BCUT2D eigenvalue weighted by atomic mass is 9.97. The molecule has 13 heavy (non-hydrogen) atoms. The summed E-state index contributed by atoms with van der Waals surface area (Å²) in [4.78, 5) is 12.4. The molecule has 0 bridgehead atoms. The molecule has 0 N–H and O–H groups in total. The molecule has 0 saturated carbocycles. The van der Waals surface area contributed by atoms with Crippen molar-refractivity contribution in [3.05, 3.63) is 0 Å². The summed E-state index contributed by atoms with van der Waals surface area (Å²) in [5, 5.41) is 0. The molecule has 0 aromatic heterocycles. The highest BCUT2D eigenvalue weighted by Gasteiger charge is 2.31. The molecule has 78 valence electrons. The number of halogens is 1. The lowest BCUT2D eigenvalue weighted by Gasteiger charge is -2.34. The van der Waals surface area contributed by atoms with Gasteiger partial charge >= 0.3 is 0 Å². The first kappa shape index (κ1) is 12.4. The van der Waals surface area contributed by atoms with Gasteiger partial charge in [0.15, 0.2) is 0 Å². The van der Waals surface area contributed by atoms with Gasteiger partial charge in [0.05, 0.1) is 6.54 Å². The van der Waals surface area contributed by atoms with Crippen LogP contribution in [0.3, 0.4) is 0 Å². The predicted octanol–water partition coefficient (Wildman–Crippen LogP) is 2.38. The Bertz CT molecular complexity index is 168. The third-order valence-corrected chi connectivity index (χ3v) is 2.09. The normalized spacial score (nSPS) is 27.6. The Morgan fingerprint density at radius 3 is 2.31 bits per heavy atom. The van der Waals surface area contributed by atoms with Crippen LogP contribution in [0.15, 0.2) is 0 Å². The lowest BCUT2D eigenvalue weighted by Crippen LogP contribution is -2.45. The summed E-state index contributed by atoms with van der Waals surface area (Å²) in [6.07, 6.45) is 1.36. The monoisotopic (exact) mass is 189 g/mol. The van der Waals surface area contributed by atoms with Gasteiger partial charge in [-0.25, -0.2) is 4.39 Å². The van der Waals surface area contributed by atoms with Crippen LogP contribution in [-0.4, -0.2) is 29.6 Å². The second-order valence-corrected chi connectivity index (χ2v) is 3.46. The molecule has 1 fully saturated rings. The number of hydrogen-bond acceptors (Lipinski definition) is 1. The summed E-state index contributed by atoms with van der Waals surface area (Å²) in [5.41, 5.74) is -1.16. The molecule has 0 aliphatic carbocycles. The van der Waals surface area contributed by atoms with E-state index in [1.54, 1.807) is 11.8 Å². The minimum absolute atomic E-state index is 0.0198. The number of piperidine rings is 1. The number of amides is 1. The van der Waals surface area contributed by atoms with Gasteiger partial charge in [-0.05, 0) is 19.8 Å². The zero-order valence-electron chi connectivity index (χ0n) is 9.06. The minimum Gasteiger partial charge on any atom is -0.340 e. The van der Waals surface area contributed by atoms with Gasteiger partial charge in [0.2, 0.25) is 5.91 Å². The molecule has 1 saturated heterocycles. The van der Waals surface area contributed by atoms with Crippen molar-refractivity contribution in [2.24, 2.45) is 0 Å². The van der Waals surface area contributed by atoms with Gasteiger partial charge in [0.1, 0.15) is 5.67 Å². The lowest BCUT2D eigenvalue weighted by molar-refractivity contribution is -0.132. The number of likely N-dealkylation sites (tertiary alicyclic amines) is 1. The van der Waals surface area contributed by atoms with Crippen molar-refractivity contribution in [2.45, 2.75) is 46.2 Å². The molecule has 1 rings (SSSR count). The standard InChI is InChI=1S/C8H14FNO.C2H6/c1-7(11)10-5-3-4-8(2,9)6-10;1-2/h3-6H2,1-2H3;1-2H3. The van der Waals surface area contributed by atoms with E-state index in [9.17, 15) is 9.18 Å². The molecule has 0 aromatic carbocycles. The molecule has 2 nitrogen and oxygen atoms in total. The second-order valence-electron chi connectivity index (χ2n) is 3.46. The topological polar surface area (TPSA) is 20.3 Å². The highest BCUT2D eigenvalue weighted by Crippen LogP contribution is 2.24. The van der Waals surface area contributed by atoms with Crippen LogP contribution in [0.4, 0.5) is 4.39 Å². The Hall–Kier alpha value is -0.600. The molecular formula is C10H20FNO. The van der Waals surface area contributed by atoms with Crippen LogP contribution >= 0.6 is 0 Å². The maximum Gasteiger partial charge on any atom is 0.219 e. The van der Waals surface area contributed by atoms with Gasteiger partial charge in [0.25, 0.3) is 0 Å². The second kappa shape index (κ2) is 5.20. The fourth-order valence-corrected chi connectivity index (χ4v) is 1.46. The largest absolute Gasteiger partial charge is 0.340 e. The molecule has 1 aliphatic rings. The zero-order valence-corrected chi connectivity index (χ0v) is 9.06. The van der Waals surface area contributed by atoms with Crippen LogP contribution < -0.4 is 0 Å². The first-order chi connectivity index (χ1) is 6.01. The Kier molecular flexibility index (Phi) is 4.96. The van der Waals surface area contributed by atoms with E-state index in [4.69, 9.17) is 0 Å². The number of rotatable bonds is 0. The summed E-state index contributed by atoms with van der Waals surface area (Å²) >= 11 is 0. The van der Waals surface area contributed by atoms with Crippen molar-refractivity contribution in [2.75, 3.05) is 13.1 Å². The number of hydrogen-bond donors (Lipinski definition) is 0. The Balaban J connectivity index is 0.000000671. The third kappa shape index (κ3) is 4.25. The van der Waals surface area contributed by atoms with E-state index in [0.29, 0.717) is 6.42 Å². The highest BCUT2D eigenvalue weighted by molar-refractivity contribution is 5.73. The van der Waals surface area contributed by atoms with E-state index in [-0.39, 0.29) is 12.5 Å². The summed E-state index contributed by atoms with van der Waals surface area (Å²) in [6.45, 7) is 8.03. The number of carbonyl (C=O) groups excluding carboxylic acids is 1. The molecule has 1 unspecified atom stereocenters. The fraction of sp³-hybridized carbons (Fsp3) is 0.900. The first-order valence-corrected chi connectivity index (χ1v) is 4.96. The molecule has 1 heterocycles. The van der Waals surface area contributed by atoms with Crippen molar-refractivity contribution >= 4 is 5.91 Å². The van der Waals surface area contributed by atoms with Crippen molar-refractivity contribution in [1.29, 1.82) is 0 Å². The molecule has 1 aliphatic heterocycles. The van der Waals surface area contributed by atoms with Gasteiger partial charge in [-0.2, -0.15) is 0 Å². The first-order valence-electron chi connectivity index (χ1n) is 4.96. The van der Waals surface area contributed by atoms with Crippen LogP contribution in [0.1, 0.15) is 40.5 Å². The van der Waals surface area contributed by atoms with Gasteiger partial charge in [0, 0.05) is 13.5 Å². The van der Waals surface area contributed by atoms with E-state index >= 15 is 0 Å². The van der Waals surface area contributed by atoms with Crippen LogP contribution in [0.5, 0.6) is 0 Å². The van der Waals surface area contributed by atoms with Crippen LogP contribution in [0.25, 0.3) is 0 Å². The fourth-order valence-electron chi connectivity index (χ4n) is 1.46. The molecule has 0 aromatic rings. The van der Waals surface area contributed by atoms with Crippen molar-refractivity contribution in [1.82, 2.24) is 4.90 Å². The zero-order chi connectivity index (χ0) is 10.5. The van der Waals surface area contributed by atoms with E-state index in [1.807, 2.05) is 13.8 Å². The Morgan fingerprint density at radius 1 is 1.46 bits per heavy atom. The molecule has 3 heteroatoms. The molecular weight excluding hydrogens is 169 g/mol. The number of nitrogens with zero attached hydrogens (tertiary/aromatic N) is 1. The maximum atomic E-state index is 13.3. The van der Waals surface area contributed by atoms with E-state index in [1.165, 1.54) is 6.92 Å². The maximum absolute atomic E-state index is 13.3. The SMILES string of the molecule is CC.CC(=O)N1CCCC(C)(F)C1. The van der Waals surface area contributed by atoms with Gasteiger partial charge in [-0.1, -0.05) is 13.8 Å². The van der Waals surface area contributed by atoms with E-state index < -0.39 is 5.67 Å². The van der Waals surface area contributed by atoms with Crippen molar-refractivity contribution in [3.8, 4) is 0 Å². The third-order valence-electron chi connectivity index (χ3n) is 2.09. The highest BCUT2D eigenvalue weighted by atomic mass is 19.1. The Labute approximate surface area is 80.1 Å². The molecule has 1 amide bonds. The van der Waals surface area contributed by atoms with Crippen LogP contribution in [0.2, 0.25) is 0 Å². The average Bonchev–Trinajstić information content (AvgIpc) is 2.06. The summed E-state index contributed by atoms with van der Waals surface area (Å²) < 4.78 is 13.3. The van der Waals surface area contributed by atoms with Crippen LogP contribution in [0, 0.1) is 0 Å². The van der Waals surface area contributed by atoms with Crippen molar-refractivity contribution in [3.63, 3.8) is 0 Å². The van der Waals surface area contributed by atoms with Gasteiger partial charge in [-0.15, -0.1) is 0 Å². The van der Waals surface area contributed by atoms with Crippen molar-refractivity contribution < 1.29 is 9.18 Å². The van der Waals surface area contributed by atoms with Gasteiger partial charge < -0.3 is 4.90 Å². The smallest absolute Gasteiger partial charge is 0.219 e.